The van der Waals surface area contributed by atoms with Gasteiger partial charge in [0.05, 0.1) is 12.8 Å². The number of methoxy groups -OCH3 is 1. The molecule has 3 rings (SSSR count). The number of halogens is 1. The fourth-order valence-electron chi connectivity index (χ4n) is 2.56. The Bertz CT molecular complexity index is 975. The average molecular weight is 463 g/mol. The van der Waals surface area contributed by atoms with Crippen molar-refractivity contribution in [3.8, 4) is 11.5 Å². The van der Waals surface area contributed by atoms with Gasteiger partial charge >= 0.3 is 5.97 Å². The van der Waals surface area contributed by atoms with Crippen molar-refractivity contribution >= 4 is 56.9 Å². The molecule has 0 spiro atoms. The van der Waals surface area contributed by atoms with Crippen molar-refractivity contribution in [3.05, 3.63) is 58.2 Å². The summed E-state index contributed by atoms with van der Waals surface area (Å²) in [5, 5.41) is 11.9. The van der Waals surface area contributed by atoms with Gasteiger partial charge in [0, 0.05) is 4.47 Å². The van der Waals surface area contributed by atoms with Gasteiger partial charge in [-0.05, 0) is 60.3 Å². The molecule has 9 heteroatoms. The minimum atomic E-state index is -1.09. The van der Waals surface area contributed by atoms with E-state index in [1.165, 1.54) is 12.0 Å². The summed E-state index contributed by atoms with van der Waals surface area (Å²) in [5.74, 6) is -0.716. The Hall–Kier alpha value is -2.91. The van der Waals surface area contributed by atoms with Gasteiger partial charge in [0.2, 0.25) is 0 Å². The van der Waals surface area contributed by atoms with Crippen LogP contribution in [0.2, 0.25) is 0 Å². The number of ether oxygens (including phenoxy) is 2. The molecule has 1 aliphatic heterocycles. The normalized spacial score (nSPS) is 14.9. The molecule has 0 aliphatic carbocycles. The zero-order chi connectivity index (χ0) is 20.3. The second-order valence-electron chi connectivity index (χ2n) is 5.70. The minimum absolute atomic E-state index is 0.280. The van der Waals surface area contributed by atoms with Crippen molar-refractivity contribution in [2.45, 2.75) is 0 Å². The van der Waals surface area contributed by atoms with Crippen LogP contribution in [0.4, 0.5) is 5.69 Å². The van der Waals surface area contributed by atoms with Gasteiger partial charge in [0.25, 0.3) is 5.91 Å². The second-order valence-corrected chi connectivity index (χ2v) is 7.00. The number of rotatable bonds is 6. The molecule has 1 amide bonds. The van der Waals surface area contributed by atoms with E-state index < -0.39 is 12.6 Å². The summed E-state index contributed by atoms with van der Waals surface area (Å²) in [6, 6.07) is 12.1. The lowest BCUT2D eigenvalue weighted by atomic mass is 10.1. The topological polar surface area (TPSA) is 88.1 Å². The van der Waals surface area contributed by atoms with Gasteiger partial charge in [-0.2, -0.15) is 0 Å². The largest absolute Gasteiger partial charge is 0.493 e. The predicted octanol–water partition coefficient (Wildman–Crippen LogP) is 3.18. The lowest BCUT2D eigenvalue weighted by Crippen LogP contribution is -2.30. The molecule has 0 bridgehead atoms. The van der Waals surface area contributed by atoms with Gasteiger partial charge in [0.15, 0.2) is 23.2 Å². The number of carboxylic acids is 1. The molecule has 0 atom stereocenters. The summed E-state index contributed by atoms with van der Waals surface area (Å²) >= 11 is 8.66. The van der Waals surface area contributed by atoms with Crippen LogP contribution < -0.4 is 19.7 Å². The van der Waals surface area contributed by atoms with E-state index in [1.54, 1.807) is 36.4 Å². The van der Waals surface area contributed by atoms with E-state index in [0.29, 0.717) is 28.4 Å². The van der Waals surface area contributed by atoms with Crippen LogP contribution in [0.25, 0.3) is 6.08 Å². The van der Waals surface area contributed by atoms with Crippen molar-refractivity contribution < 1.29 is 24.2 Å². The molecule has 7 nitrogen and oxygen atoms in total. The Morgan fingerprint density at radius 1 is 1.25 bits per heavy atom. The quantitative estimate of drug-likeness (QED) is 0.503. The highest BCUT2D eigenvalue weighted by Gasteiger charge is 2.31. The summed E-state index contributed by atoms with van der Waals surface area (Å²) in [6.45, 7) is -0.479. The molecule has 0 saturated carbocycles. The lowest BCUT2D eigenvalue weighted by Gasteiger charge is -2.13. The van der Waals surface area contributed by atoms with Crippen LogP contribution in [0, 0.1) is 0 Å². The number of nitrogens with zero attached hydrogens (tertiary/aromatic N) is 1. The smallest absolute Gasteiger partial charge is 0.341 e. The maximum Gasteiger partial charge on any atom is 0.341 e. The van der Waals surface area contributed by atoms with Gasteiger partial charge < -0.3 is 19.9 Å². The third-order valence-electron chi connectivity index (χ3n) is 3.81. The first kappa shape index (κ1) is 19.8. The first-order valence-corrected chi connectivity index (χ1v) is 9.24. The van der Waals surface area contributed by atoms with E-state index in [2.05, 4.69) is 21.2 Å². The molecule has 0 aromatic heterocycles. The highest BCUT2D eigenvalue weighted by atomic mass is 79.9. The van der Waals surface area contributed by atoms with Crippen LogP contribution in [0.1, 0.15) is 5.56 Å². The Kier molecular flexibility index (Phi) is 5.96. The van der Waals surface area contributed by atoms with Crippen LogP contribution >= 0.6 is 28.1 Å². The standard InChI is InChI=1S/C19H15BrN2O5S/c1-26-16-9-11(2-7-15(16)27-10-17(23)24)8-14-18(25)22(19(28)21-14)13-5-3-12(20)4-6-13/h2-9H,10H2,1H3,(H,21,28)(H,23,24). The zero-order valence-electron chi connectivity index (χ0n) is 14.6. The number of hydrogen-bond donors (Lipinski definition) is 2. The molecule has 2 N–H and O–H groups in total. The minimum Gasteiger partial charge on any atom is -0.493 e. The third-order valence-corrected chi connectivity index (χ3v) is 4.63. The SMILES string of the molecule is COc1cc(C=C2NC(=S)N(c3ccc(Br)cc3)C2=O)ccc1OCC(=O)O. The van der Waals surface area contributed by atoms with Crippen LogP contribution in [0.5, 0.6) is 11.5 Å². The maximum atomic E-state index is 12.8. The molecule has 1 saturated heterocycles. The van der Waals surface area contributed by atoms with E-state index in [4.69, 9.17) is 26.8 Å². The Labute approximate surface area is 174 Å². The number of carbonyl (C=O) groups excluding carboxylic acids is 1. The summed E-state index contributed by atoms with van der Waals surface area (Å²) in [4.78, 5) is 24.9. The van der Waals surface area contributed by atoms with E-state index in [9.17, 15) is 9.59 Å². The van der Waals surface area contributed by atoms with Crippen molar-refractivity contribution in [1.29, 1.82) is 0 Å². The molecule has 0 unspecified atom stereocenters. The number of benzene rings is 2. The van der Waals surface area contributed by atoms with Gasteiger partial charge in [-0.15, -0.1) is 0 Å². The van der Waals surface area contributed by atoms with E-state index >= 15 is 0 Å². The van der Waals surface area contributed by atoms with Crippen molar-refractivity contribution in [2.75, 3.05) is 18.6 Å². The zero-order valence-corrected chi connectivity index (χ0v) is 17.0. The van der Waals surface area contributed by atoms with Gasteiger partial charge in [-0.3, -0.25) is 9.69 Å². The van der Waals surface area contributed by atoms with Crippen molar-refractivity contribution in [3.63, 3.8) is 0 Å². The summed E-state index contributed by atoms with van der Waals surface area (Å²) in [6.07, 6.45) is 1.64. The number of anilines is 1. The lowest BCUT2D eigenvalue weighted by molar-refractivity contribution is -0.139. The fraction of sp³-hybridized carbons (Fsp3) is 0.105. The highest BCUT2D eigenvalue weighted by molar-refractivity contribution is 9.10. The van der Waals surface area contributed by atoms with Crippen LogP contribution in [0.3, 0.4) is 0 Å². The number of aliphatic carboxylic acids is 1. The summed E-state index contributed by atoms with van der Waals surface area (Å²) in [7, 11) is 1.45. The number of hydrogen-bond acceptors (Lipinski definition) is 5. The van der Waals surface area contributed by atoms with Gasteiger partial charge in [0.1, 0.15) is 5.70 Å². The second kappa shape index (κ2) is 8.41. The molecule has 1 aliphatic rings. The molecule has 2 aromatic rings. The van der Waals surface area contributed by atoms with Crippen LogP contribution in [-0.4, -0.2) is 35.8 Å². The molecule has 28 heavy (non-hydrogen) atoms. The van der Waals surface area contributed by atoms with Crippen molar-refractivity contribution in [1.82, 2.24) is 5.32 Å². The molecule has 2 aromatic carbocycles. The van der Waals surface area contributed by atoms with Gasteiger partial charge in [-0.25, -0.2) is 4.79 Å². The first-order valence-electron chi connectivity index (χ1n) is 8.04. The molecule has 0 radical (unpaired) electrons. The van der Waals surface area contributed by atoms with E-state index in [0.717, 1.165) is 4.47 Å². The number of thiocarbonyl (C=S) groups is 1. The number of carboxylic acid groups (broad SMARTS) is 1. The third kappa shape index (κ3) is 4.32. The van der Waals surface area contributed by atoms with Crippen molar-refractivity contribution in [2.24, 2.45) is 0 Å². The monoisotopic (exact) mass is 462 g/mol. The molecule has 144 valence electrons. The summed E-state index contributed by atoms with van der Waals surface area (Å²) in [5.41, 5.74) is 1.63. The Morgan fingerprint density at radius 2 is 1.96 bits per heavy atom. The first-order chi connectivity index (χ1) is 13.4. The Balaban J connectivity index is 1.85. The van der Waals surface area contributed by atoms with E-state index in [-0.39, 0.29) is 11.0 Å². The van der Waals surface area contributed by atoms with E-state index in [1.807, 2.05) is 12.1 Å². The predicted molar refractivity (Wildman–Crippen MR) is 111 cm³/mol. The van der Waals surface area contributed by atoms with Crippen LogP contribution in [-0.2, 0) is 9.59 Å². The maximum absolute atomic E-state index is 12.8. The Morgan fingerprint density at radius 3 is 2.61 bits per heavy atom. The highest BCUT2D eigenvalue weighted by Crippen LogP contribution is 2.30. The molecular formula is C19H15BrN2O5S. The number of carbonyl (C=O) groups is 2. The molecule has 1 fully saturated rings. The summed E-state index contributed by atoms with van der Waals surface area (Å²) < 4.78 is 11.3. The number of amides is 1. The number of nitrogens with one attached hydrogen (secondary N) is 1. The van der Waals surface area contributed by atoms with Gasteiger partial charge in [-0.1, -0.05) is 22.0 Å². The molecular weight excluding hydrogens is 448 g/mol. The van der Waals surface area contributed by atoms with Crippen LogP contribution in [0.15, 0.2) is 52.6 Å². The average Bonchev–Trinajstić information content (AvgIpc) is 2.94. The molecule has 1 heterocycles. The fourth-order valence-corrected chi connectivity index (χ4v) is 3.12.